The number of amides is 1. The van der Waals surface area contributed by atoms with Gasteiger partial charge in [-0.1, -0.05) is 12.1 Å². The Morgan fingerprint density at radius 2 is 2.00 bits per heavy atom. The fourth-order valence-corrected chi connectivity index (χ4v) is 2.48. The molecule has 1 aromatic carbocycles. The van der Waals surface area contributed by atoms with Crippen molar-refractivity contribution in [2.75, 3.05) is 20.2 Å². The van der Waals surface area contributed by atoms with Gasteiger partial charge < -0.3 is 20.7 Å². The van der Waals surface area contributed by atoms with Crippen molar-refractivity contribution in [2.24, 2.45) is 4.99 Å². The number of alkyl halides is 3. The molecule has 0 heterocycles. The number of aliphatic imine (C=N–C) groups is 1. The highest BCUT2D eigenvalue weighted by Gasteiger charge is 2.28. The quantitative estimate of drug-likeness (QED) is 0.199. The molecule has 0 spiro atoms. The average molecular weight is 528 g/mol. The molecular formula is C19H28F3IN4O2. The highest BCUT2D eigenvalue weighted by molar-refractivity contribution is 14.0. The van der Waals surface area contributed by atoms with Gasteiger partial charge in [0.1, 0.15) is 5.75 Å². The summed E-state index contributed by atoms with van der Waals surface area (Å²) in [7, 11) is 1.60. The number of carbonyl (C=O) groups is 1. The normalized spacial score (nSPS) is 14.0. The van der Waals surface area contributed by atoms with Crippen LogP contribution >= 0.6 is 24.0 Å². The van der Waals surface area contributed by atoms with Crippen LogP contribution in [0, 0.1) is 6.92 Å². The van der Waals surface area contributed by atoms with Crippen LogP contribution < -0.4 is 20.7 Å². The molecule has 0 bridgehead atoms. The molecule has 10 heteroatoms. The molecule has 6 nitrogen and oxygen atoms in total. The molecule has 0 aromatic heterocycles. The van der Waals surface area contributed by atoms with E-state index in [1.54, 1.807) is 26.1 Å². The van der Waals surface area contributed by atoms with Crippen molar-refractivity contribution in [3.63, 3.8) is 0 Å². The van der Waals surface area contributed by atoms with E-state index < -0.39 is 12.8 Å². The molecule has 0 saturated heterocycles. The zero-order valence-corrected chi connectivity index (χ0v) is 18.9. The number of carbonyl (C=O) groups excluding carboxylic acids is 1. The third kappa shape index (κ3) is 10.6. The number of nitrogens with one attached hydrogen (secondary N) is 3. The summed E-state index contributed by atoms with van der Waals surface area (Å²) in [6, 6.07) is 5.48. The Hall–Kier alpha value is -1.72. The molecule has 29 heavy (non-hydrogen) atoms. The molecule has 1 aliphatic carbocycles. The first-order valence-corrected chi connectivity index (χ1v) is 9.30. The van der Waals surface area contributed by atoms with Gasteiger partial charge in [0, 0.05) is 38.2 Å². The van der Waals surface area contributed by atoms with Crippen LogP contribution in [0.2, 0.25) is 0 Å². The maximum Gasteiger partial charge on any atom is 0.422 e. The first-order valence-electron chi connectivity index (χ1n) is 9.30. The fraction of sp³-hybridized carbons (Fsp3) is 0.579. The average Bonchev–Trinajstić information content (AvgIpc) is 3.43. The highest BCUT2D eigenvalue weighted by atomic mass is 127. The van der Waals surface area contributed by atoms with E-state index in [1.165, 1.54) is 0 Å². The molecule has 1 aromatic rings. The van der Waals surface area contributed by atoms with E-state index in [4.69, 9.17) is 4.74 Å². The summed E-state index contributed by atoms with van der Waals surface area (Å²) in [6.07, 6.45) is -1.17. The van der Waals surface area contributed by atoms with Gasteiger partial charge in [-0.05, 0) is 37.8 Å². The van der Waals surface area contributed by atoms with Crippen molar-refractivity contribution < 1.29 is 22.7 Å². The van der Waals surface area contributed by atoms with Crippen LogP contribution in [-0.2, 0) is 11.3 Å². The number of halogens is 4. The van der Waals surface area contributed by atoms with Crippen LogP contribution in [0.5, 0.6) is 5.75 Å². The van der Waals surface area contributed by atoms with Gasteiger partial charge in [-0.25, -0.2) is 0 Å². The van der Waals surface area contributed by atoms with Crippen molar-refractivity contribution in [1.82, 2.24) is 16.0 Å². The van der Waals surface area contributed by atoms with E-state index in [0.717, 1.165) is 18.4 Å². The van der Waals surface area contributed by atoms with Crippen molar-refractivity contribution in [3.8, 4) is 5.75 Å². The topological polar surface area (TPSA) is 74.8 Å². The lowest BCUT2D eigenvalue weighted by Gasteiger charge is -2.16. The van der Waals surface area contributed by atoms with Crippen molar-refractivity contribution in [3.05, 3.63) is 29.3 Å². The minimum absolute atomic E-state index is 0. The van der Waals surface area contributed by atoms with E-state index in [-0.39, 0.29) is 42.2 Å². The van der Waals surface area contributed by atoms with Gasteiger partial charge in [-0.15, -0.1) is 24.0 Å². The molecule has 1 fully saturated rings. The van der Waals surface area contributed by atoms with Gasteiger partial charge in [0.25, 0.3) is 0 Å². The van der Waals surface area contributed by atoms with Gasteiger partial charge in [0.05, 0.1) is 0 Å². The minimum atomic E-state index is -4.39. The van der Waals surface area contributed by atoms with E-state index >= 15 is 0 Å². The second-order valence-electron chi connectivity index (χ2n) is 6.81. The van der Waals surface area contributed by atoms with Gasteiger partial charge >= 0.3 is 6.18 Å². The second-order valence-corrected chi connectivity index (χ2v) is 6.81. The lowest BCUT2D eigenvalue weighted by atomic mass is 10.1. The summed E-state index contributed by atoms with van der Waals surface area (Å²) in [5, 5.41) is 9.07. The van der Waals surface area contributed by atoms with Crippen LogP contribution in [0.1, 0.15) is 36.8 Å². The Balaban J connectivity index is 0.00000420. The summed E-state index contributed by atoms with van der Waals surface area (Å²) >= 11 is 0. The Morgan fingerprint density at radius 1 is 1.28 bits per heavy atom. The largest absolute Gasteiger partial charge is 0.484 e. The number of nitrogens with zero attached hydrogens (tertiary/aromatic N) is 1. The zero-order chi connectivity index (χ0) is 20.6. The van der Waals surface area contributed by atoms with Crippen molar-refractivity contribution >= 4 is 35.8 Å². The summed E-state index contributed by atoms with van der Waals surface area (Å²) in [5.41, 5.74) is 1.41. The number of hydrogen-bond acceptors (Lipinski definition) is 3. The summed E-state index contributed by atoms with van der Waals surface area (Å²) in [4.78, 5) is 15.7. The van der Waals surface area contributed by atoms with Gasteiger partial charge in [0.2, 0.25) is 5.91 Å². The molecular weight excluding hydrogens is 500 g/mol. The minimum Gasteiger partial charge on any atom is -0.484 e. The summed E-state index contributed by atoms with van der Waals surface area (Å²) < 4.78 is 42.3. The second kappa shape index (κ2) is 12.1. The van der Waals surface area contributed by atoms with E-state index in [1.807, 2.05) is 6.07 Å². The van der Waals surface area contributed by atoms with E-state index in [2.05, 4.69) is 20.9 Å². The van der Waals surface area contributed by atoms with Crippen molar-refractivity contribution in [1.29, 1.82) is 0 Å². The Morgan fingerprint density at radius 3 is 2.62 bits per heavy atom. The van der Waals surface area contributed by atoms with Crippen LogP contribution in [0.15, 0.2) is 23.2 Å². The molecule has 1 amide bonds. The number of rotatable bonds is 9. The third-order valence-electron chi connectivity index (χ3n) is 4.10. The highest BCUT2D eigenvalue weighted by Crippen LogP contribution is 2.23. The predicted molar refractivity (Wildman–Crippen MR) is 117 cm³/mol. The smallest absolute Gasteiger partial charge is 0.422 e. The maximum absolute atomic E-state index is 12.4. The first kappa shape index (κ1) is 25.3. The number of aryl methyl sites for hydroxylation is 1. The Bertz CT molecular complexity index is 695. The molecule has 3 N–H and O–H groups in total. The predicted octanol–water partition coefficient (Wildman–Crippen LogP) is 3.28. The summed E-state index contributed by atoms with van der Waals surface area (Å²) in [5.74, 6) is 0.750. The van der Waals surface area contributed by atoms with Crippen molar-refractivity contribution in [2.45, 2.75) is 51.4 Å². The molecule has 164 valence electrons. The van der Waals surface area contributed by atoms with E-state index in [9.17, 15) is 18.0 Å². The van der Waals surface area contributed by atoms with Crippen LogP contribution in [0.4, 0.5) is 13.2 Å². The Kier molecular flexibility index (Phi) is 10.5. The van der Waals surface area contributed by atoms with E-state index in [0.29, 0.717) is 37.0 Å². The number of ether oxygens (including phenoxy) is 1. The Labute approximate surface area is 186 Å². The van der Waals surface area contributed by atoms with Gasteiger partial charge in [-0.3, -0.25) is 9.79 Å². The third-order valence-corrected chi connectivity index (χ3v) is 4.10. The first-order chi connectivity index (χ1) is 13.3. The van der Waals surface area contributed by atoms with Gasteiger partial charge in [-0.2, -0.15) is 13.2 Å². The van der Waals surface area contributed by atoms with Crippen LogP contribution in [0.3, 0.4) is 0 Å². The van der Waals surface area contributed by atoms with Gasteiger partial charge in [0.15, 0.2) is 12.6 Å². The fourth-order valence-electron chi connectivity index (χ4n) is 2.48. The molecule has 0 atom stereocenters. The maximum atomic E-state index is 12.4. The monoisotopic (exact) mass is 528 g/mol. The van der Waals surface area contributed by atoms with Crippen LogP contribution in [-0.4, -0.2) is 44.3 Å². The molecule has 1 saturated carbocycles. The molecule has 0 radical (unpaired) electrons. The SMILES string of the molecule is CN=C(NCCCC(=O)NC1CC1)NCc1ccc(C)cc1OCC(F)(F)F.I. The number of hydrogen-bond donors (Lipinski definition) is 3. The lowest BCUT2D eigenvalue weighted by Crippen LogP contribution is -2.37. The molecule has 1 aliphatic rings. The molecule has 0 unspecified atom stereocenters. The number of benzene rings is 1. The van der Waals surface area contributed by atoms with Crippen LogP contribution in [0.25, 0.3) is 0 Å². The zero-order valence-electron chi connectivity index (χ0n) is 16.6. The molecule has 0 aliphatic heterocycles. The number of guanidine groups is 1. The molecule has 2 rings (SSSR count). The summed E-state index contributed by atoms with van der Waals surface area (Å²) in [6.45, 7) is 1.27. The standard InChI is InChI=1S/C19H27F3N4O2.HI/c1-13-5-6-14(16(10-13)28-12-19(20,21)22)11-25-18(23-2)24-9-3-4-17(27)26-15-7-8-15;/h5-6,10,15H,3-4,7-9,11-12H2,1-2H3,(H,26,27)(H2,23,24,25);1H. The lowest BCUT2D eigenvalue weighted by molar-refractivity contribution is -0.153.